The van der Waals surface area contributed by atoms with E-state index in [4.69, 9.17) is 22.4 Å². The molecule has 0 radical (unpaired) electrons. The van der Waals surface area contributed by atoms with E-state index in [1.807, 2.05) is 0 Å². The summed E-state index contributed by atoms with van der Waals surface area (Å²) >= 11 is 5.71. The van der Waals surface area contributed by atoms with Crippen molar-refractivity contribution in [2.45, 2.75) is 25.8 Å². The molecule has 0 aromatic heterocycles. The van der Waals surface area contributed by atoms with Gasteiger partial charge >= 0.3 is 5.97 Å². The van der Waals surface area contributed by atoms with Gasteiger partial charge in [0, 0.05) is 17.5 Å². The van der Waals surface area contributed by atoms with Crippen molar-refractivity contribution in [1.82, 2.24) is 0 Å². The number of rotatable bonds is 5. The van der Waals surface area contributed by atoms with Crippen LogP contribution < -0.4 is 11.1 Å². The second kappa shape index (κ2) is 6.37. The molecule has 1 atom stereocenters. The van der Waals surface area contributed by atoms with E-state index >= 15 is 0 Å². The smallest absolute Gasteiger partial charge is 0.337 e. The number of carboxylic acid groups (broad SMARTS) is 1. The first-order chi connectivity index (χ1) is 8.40. The molecule has 0 saturated heterocycles. The molecule has 1 rings (SSSR count). The first-order valence-electron chi connectivity index (χ1n) is 5.48. The molecule has 5 nitrogen and oxygen atoms in total. The fourth-order valence-corrected chi connectivity index (χ4v) is 1.55. The summed E-state index contributed by atoms with van der Waals surface area (Å²) in [4.78, 5) is 22.6. The summed E-state index contributed by atoms with van der Waals surface area (Å²) < 4.78 is 0. The van der Waals surface area contributed by atoms with Crippen LogP contribution in [0.1, 0.15) is 30.1 Å². The maximum atomic E-state index is 11.6. The van der Waals surface area contributed by atoms with E-state index in [1.54, 1.807) is 6.92 Å². The Labute approximate surface area is 110 Å². The summed E-state index contributed by atoms with van der Waals surface area (Å²) in [6.45, 7) is 1.80. The van der Waals surface area contributed by atoms with Crippen LogP contribution in [0.15, 0.2) is 18.2 Å². The van der Waals surface area contributed by atoms with Crippen LogP contribution in [-0.2, 0) is 4.79 Å². The Balaban J connectivity index is 2.78. The quantitative estimate of drug-likeness (QED) is 0.764. The molecule has 0 aliphatic rings. The number of carboxylic acids is 1. The second-order valence-corrected chi connectivity index (χ2v) is 4.50. The van der Waals surface area contributed by atoms with Gasteiger partial charge in [-0.25, -0.2) is 4.79 Å². The van der Waals surface area contributed by atoms with Gasteiger partial charge in [-0.1, -0.05) is 11.6 Å². The molecule has 0 saturated carbocycles. The normalized spacial score (nSPS) is 11.9. The third-order valence-corrected chi connectivity index (χ3v) is 2.55. The lowest BCUT2D eigenvalue weighted by molar-refractivity contribution is -0.116. The Morgan fingerprint density at radius 3 is 2.72 bits per heavy atom. The Hall–Kier alpha value is -1.59. The highest BCUT2D eigenvalue weighted by molar-refractivity contribution is 6.31. The zero-order chi connectivity index (χ0) is 13.7. The Morgan fingerprint density at radius 2 is 2.17 bits per heavy atom. The monoisotopic (exact) mass is 270 g/mol. The Bertz CT molecular complexity index is 461. The minimum absolute atomic E-state index is 0.0309. The number of hydrogen-bond donors (Lipinski definition) is 3. The number of hydrogen-bond acceptors (Lipinski definition) is 3. The fraction of sp³-hybridized carbons (Fsp3) is 0.333. The molecule has 1 amide bonds. The van der Waals surface area contributed by atoms with Gasteiger partial charge in [-0.2, -0.15) is 0 Å². The van der Waals surface area contributed by atoms with Gasteiger partial charge in [-0.15, -0.1) is 0 Å². The zero-order valence-corrected chi connectivity index (χ0v) is 10.7. The van der Waals surface area contributed by atoms with Crippen LogP contribution in [-0.4, -0.2) is 23.0 Å². The average Bonchev–Trinajstić information content (AvgIpc) is 2.28. The molecule has 6 heteroatoms. The van der Waals surface area contributed by atoms with Crippen molar-refractivity contribution in [1.29, 1.82) is 0 Å². The lowest BCUT2D eigenvalue weighted by Crippen LogP contribution is -2.20. The van der Waals surface area contributed by atoms with Crippen LogP contribution in [0.4, 0.5) is 5.69 Å². The molecule has 1 aromatic carbocycles. The Kier molecular flexibility index (Phi) is 5.12. The molecule has 0 aliphatic carbocycles. The molecule has 0 heterocycles. The predicted molar refractivity (Wildman–Crippen MR) is 69.9 cm³/mol. The molecule has 1 aromatic rings. The Morgan fingerprint density at radius 1 is 1.50 bits per heavy atom. The van der Waals surface area contributed by atoms with Gasteiger partial charge in [-0.3, -0.25) is 4.79 Å². The molecule has 0 bridgehead atoms. The lowest BCUT2D eigenvalue weighted by Gasteiger charge is -2.09. The minimum atomic E-state index is -1.14. The van der Waals surface area contributed by atoms with Crippen LogP contribution in [0.5, 0.6) is 0 Å². The van der Waals surface area contributed by atoms with Crippen molar-refractivity contribution in [2.24, 2.45) is 5.73 Å². The number of nitrogens with one attached hydrogen (secondary N) is 1. The first-order valence-corrected chi connectivity index (χ1v) is 5.86. The lowest BCUT2D eigenvalue weighted by atomic mass is 10.1. The maximum absolute atomic E-state index is 11.6. The SMILES string of the molecule is CC(N)CCC(=O)Nc1ccc(Cl)cc1C(=O)O. The van der Waals surface area contributed by atoms with Crippen molar-refractivity contribution in [3.05, 3.63) is 28.8 Å². The van der Waals surface area contributed by atoms with Gasteiger partial charge in [0.05, 0.1) is 11.3 Å². The number of amides is 1. The van der Waals surface area contributed by atoms with Crippen molar-refractivity contribution in [3.63, 3.8) is 0 Å². The first kappa shape index (κ1) is 14.5. The minimum Gasteiger partial charge on any atom is -0.478 e. The van der Waals surface area contributed by atoms with Gasteiger partial charge in [0.25, 0.3) is 0 Å². The van der Waals surface area contributed by atoms with E-state index in [1.165, 1.54) is 18.2 Å². The molecule has 98 valence electrons. The van der Waals surface area contributed by atoms with Crippen molar-refractivity contribution < 1.29 is 14.7 Å². The van der Waals surface area contributed by atoms with Gasteiger partial charge in [0.15, 0.2) is 0 Å². The van der Waals surface area contributed by atoms with Gasteiger partial charge in [-0.05, 0) is 31.5 Å². The van der Waals surface area contributed by atoms with E-state index in [-0.39, 0.29) is 29.6 Å². The molecule has 0 aliphatic heterocycles. The van der Waals surface area contributed by atoms with Crippen LogP contribution in [0.2, 0.25) is 5.02 Å². The van der Waals surface area contributed by atoms with E-state index in [9.17, 15) is 9.59 Å². The fourth-order valence-electron chi connectivity index (χ4n) is 1.37. The molecule has 0 spiro atoms. The number of halogens is 1. The maximum Gasteiger partial charge on any atom is 0.337 e. The van der Waals surface area contributed by atoms with Gasteiger partial charge in [0.2, 0.25) is 5.91 Å². The standard InChI is InChI=1S/C12H15ClN2O3/c1-7(14)2-5-11(16)15-10-4-3-8(13)6-9(10)12(17)18/h3-4,6-7H,2,5,14H2,1H3,(H,15,16)(H,17,18). The number of aromatic carboxylic acids is 1. The van der Waals surface area contributed by atoms with Crippen LogP contribution in [0, 0.1) is 0 Å². The second-order valence-electron chi connectivity index (χ2n) is 4.06. The largest absolute Gasteiger partial charge is 0.478 e. The van der Waals surface area contributed by atoms with E-state index in [2.05, 4.69) is 5.32 Å². The summed E-state index contributed by atoms with van der Waals surface area (Å²) in [6.07, 6.45) is 0.793. The van der Waals surface area contributed by atoms with E-state index in [0.29, 0.717) is 11.4 Å². The summed E-state index contributed by atoms with van der Waals surface area (Å²) in [7, 11) is 0. The number of carbonyl (C=O) groups is 2. The molecular weight excluding hydrogens is 256 g/mol. The van der Waals surface area contributed by atoms with Crippen molar-refractivity contribution in [3.8, 4) is 0 Å². The van der Waals surface area contributed by atoms with Crippen LogP contribution in [0.3, 0.4) is 0 Å². The van der Waals surface area contributed by atoms with E-state index in [0.717, 1.165) is 0 Å². The van der Waals surface area contributed by atoms with Gasteiger partial charge in [0.1, 0.15) is 0 Å². The highest BCUT2D eigenvalue weighted by atomic mass is 35.5. The number of benzene rings is 1. The molecule has 4 N–H and O–H groups in total. The molecule has 0 fully saturated rings. The molecule has 1 unspecified atom stereocenters. The summed E-state index contributed by atoms with van der Waals surface area (Å²) in [5.74, 6) is -1.41. The number of nitrogens with two attached hydrogens (primary N) is 1. The summed E-state index contributed by atoms with van der Waals surface area (Å²) in [6, 6.07) is 4.22. The topological polar surface area (TPSA) is 92.4 Å². The van der Waals surface area contributed by atoms with Crippen molar-refractivity contribution >= 4 is 29.2 Å². The molecular formula is C12H15ClN2O3. The number of anilines is 1. The van der Waals surface area contributed by atoms with Crippen LogP contribution >= 0.6 is 11.6 Å². The van der Waals surface area contributed by atoms with E-state index < -0.39 is 5.97 Å². The van der Waals surface area contributed by atoms with Crippen LogP contribution in [0.25, 0.3) is 0 Å². The summed E-state index contributed by atoms with van der Waals surface area (Å²) in [5, 5.41) is 11.8. The predicted octanol–water partition coefficient (Wildman–Crippen LogP) is 2.10. The highest BCUT2D eigenvalue weighted by Gasteiger charge is 2.13. The summed E-state index contributed by atoms with van der Waals surface area (Å²) in [5.41, 5.74) is 5.75. The van der Waals surface area contributed by atoms with Crippen molar-refractivity contribution in [2.75, 3.05) is 5.32 Å². The third-order valence-electron chi connectivity index (χ3n) is 2.31. The molecule has 18 heavy (non-hydrogen) atoms. The third kappa shape index (κ3) is 4.35. The zero-order valence-electron chi connectivity index (χ0n) is 9.94. The highest BCUT2D eigenvalue weighted by Crippen LogP contribution is 2.21. The van der Waals surface area contributed by atoms with Gasteiger partial charge < -0.3 is 16.2 Å². The average molecular weight is 271 g/mol. The number of carbonyl (C=O) groups excluding carboxylic acids is 1.